The third-order valence-electron chi connectivity index (χ3n) is 3.85. The molecule has 0 aliphatic heterocycles. The molecule has 0 amide bonds. The van der Waals surface area contributed by atoms with Gasteiger partial charge in [0.05, 0.1) is 13.2 Å². The molecule has 0 heterocycles. The molecule has 0 saturated carbocycles. The fourth-order valence-corrected chi connectivity index (χ4v) is 2.03. The summed E-state index contributed by atoms with van der Waals surface area (Å²) in [5, 5.41) is 9.30. The van der Waals surface area contributed by atoms with Crippen LogP contribution in [0.4, 0.5) is 0 Å². The van der Waals surface area contributed by atoms with E-state index in [1.54, 1.807) is 7.11 Å². The van der Waals surface area contributed by atoms with Crippen LogP contribution >= 0.6 is 0 Å². The summed E-state index contributed by atoms with van der Waals surface area (Å²) in [6.07, 6.45) is 2.69. The van der Waals surface area contributed by atoms with Crippen molar-refractivity contribution in [3.8, 4) is 11.8 Å². The van der Waals surface area contributed by atoms with E-state index in [1.165, 1.54) is 11.1 Å². The Morgan fingerprint density at radius 2 is 2.05 bits per heavy atom. The maximum atomic E-state index is 9.30. The molecule has 1 unspecified atom stereocenters. The van der Waals surface area contributed by atoms with Crippen LogP contribution in [0, 0.1) is 11.3 Å². The number of rotatable bonds is 6. The highest BCUT2D eigenvalue weighted by atomic mass is 16.5. The lowest BCUT2D eigenvalue weighted by atomic mass is 9.93. The van der Waals surface area contributed by atoms with Gasteiger partial charge in [-0.05, 0) is 57.5 Å². The monoisotopic (exact) mass is 260 g/mol. The van der Waals surface area contributed by atoms with E-state index in [2.05, 4.69) is 25.1 Å². The topological polar surface area (TPSA) is 36.3 Å². The standard InChI is InChI=1S/C16H24N2O/c1-6-14-11-13(7-8-15(14)19-5)9-10-16(2,12-17)18(3)4/h7-8,11H,6,9-10H2,1-5H3. The van der Waals surface area contributed by atoms with Crippen LogP contribution in [0.2, 0.25) is 0 Å². The number of nitriles is 1. The van der Waals surface area contributed by atoms with E-state index in [0.717, 1.165) is 25.0 Å². The van der Waals surface area contributed by atoms with Gasteiger partial charge in [0.1, 0.15) is 11.3 Å². The third-order valence-corrected chi connectivity index (χ3v) is 3.85. The number of hydrogen-bond donors (Lipinski definition) is 0. The highest BCUT2D eigenvalue weighted by molar-refractivity contribution is 5.37. The maximum Gasteiger partial charge on any atom is 0.122 e. The highest BCUT2D eigenvalue weighted by Gasteiger charge is 2.26. The Labute approximate surface area is 116 Å². The predicted octanol–water partition coefficient (Wildman–Crippen LogP) is 3.03. The van der Waals surface area contributed by atoms with Gasteiger partial charge in [-0.1, -0.05) is 19.1 Å². The molecule has 0 aromatic heterocycles. The average Bonchev–Trinajstić information content (AvgIpc) is 2.43. The minimum Gasteiger partial charge on any atom is -0.496 e. The normalized spacial score (nSPS) is 13.9. The summed E-state index contributed by atoms with van der Waals surface area (Å²) < 4.78 is 5.34. The Morgan fingerprint density at radius 1 is 1.37 bits per heavy atom. The van der Waals surface area contributed by atoms with Crippen molar-refractivity contribution in [3.05, 3.63) is 29.3 Å². The van der Waals surface area contributed by atoms with Crippen molar-refractivity contribution >= 4 is 0 Å². The van der Waals surface area contributed by atoms with Crippen LogP contribution in [0.5, 0.6) is 5.75 Å². The molecule has 1 aromatic rings. The van der Waals surface area contributed by atoms with Gasteiger partial charge < -0.3 is 4.74 Å². The number of aryl methyl sites for hydroxylation is 2. The Morgan fingerprint density at radius 3 is 2.53 bits per heavy atom. The zero-order chi connectivity index (χ0) is 14.5. The fourth-order valence-electron chi connectivity index (χ4n) is 2.03. The van der Waals surface area contributed by atoms with E-state index >= 15 is 0 Å². The van der Waals surface area contributed by atoms with Crippen LogP contribution in [0.25, 0.3) is 0 Å². The summed E-state index contributed by atoms with van der Waals surface area (Å²) in [5.41, 5.74) is 2.08. The molecule has 0 radical (unpaired) electrons. The van der Waals surface area contributed by atoms with E-state index in [0.29, 0.717) is 0 Å². The molecule has 0 spiro atoms. The second kappa shape index (κ2) is 6.58. The number of ether oxygens (including phenoxy) is 1. The first kappa shape index (κ1) is 15.5. The summed E-state index contributed by atoms with van der Waals surface area (Å²) >= 11 is 0. The number of methoxy groups -OCH3 is 1. The second-order valence-corrected chi connectivity index (χ2v) is 5.28. The highest BCUT2D eigenvalue weighted by Crippen LogP contribution is 2.23. The zero-order valence-corrected chi connectivity index (χ0v) is 12.7. The predicted molar refractivity (Wildman–Crippen MR) is 78.4 cm³/mol. The Balaban J connectivity index is 2.82. The van der Waals surface area contributed by atoms with Crippen molar-refractivity contribution in [2.45, 2.75) is 38.6 Å². The van der Waals surface area contributed by atoms with E-state index in [1.807, 2.05) is 32.0 Å². The quantitative estimate of drug-likeness (QED) is 0.789. The summed E-state index contributed by atoms with van der Waals surface area (Å²) in [6, 6.07) is 8.70. The van der Waals surface area contributed by atoms with Gasteiger partial charge in [-0.25, -0.2) is 0 Å². The van der Waals surface area contributed by atoms with E-state index in [4.69, 9.17) is 4.74 Å². The van der Waals surface area contributed by atoms with Crippen LogP contribution in [0.3, 0.4) is 0 Å². The number of nitrogens with zero attached hydrogens (tertiary/aromatic N) is 2. The molecular weight excluding hydrogens is 236 g/mol. The van der Waals surface area contributed by atoms with E-state index in [-0.39, 0.29) is 0 Å². The van der Waals surface area contributed by atoms with E-state index in [9.17, 15) is 5.26 Å². The van der Waals surface area contributed by atoms with Gasteiger partial charge >= 0.3 is 0 Å². The minimum atomic E-state index is -0.410. The van der Waals surface area contributed by atoms with Crippen LogP contribution < -0.4 is 4.74 Å². The molecule has 0 saturated heterocycles. The number of benzene rings is 1. The van der Waals surface area contributed by atoms with Crippen molar-refractivity contribution in [1.82, 2.24) is 4.90 Å². The SMILES string of the molecule is CCc1cc(CCC(C)(C#N)N(C)C)ccc1OC. The molecule has 1 rings (SSSR count). The van der Waals surface area contributed by atoms with Crippen molar-refractivity contribution in [1.29, 1.82) is 5.26 Å². The maximum absolute atomic E-state index is 9.30. The second-order valence-electron chi connectivity index (χ2n) is 5.28. The Hall–Kier alpha value is -1.53. The van der Waals surface area contributed by atoms with Gasteiger partial charge in [0.15, 0.2) is 0 Å². The molecule has 104 valence electrons. The Bertz CT molecular complexity index is 462. The average molecular weight is 260 g/mol. The van der Waals surface area contributed by atoms with Gasteiger partial charge in [0.2, 0.25) is 0 Å². The molecule has 0 aliphatic rings. The smallest absolute Gasteiger partial charge is 0.122 e. The molecule has 0 N–H and O–H groups in total. The molecule has 1 atom stereocenters. The largest absolute Gasteiger partial charge is 0.496 e. The zero-order valence-electron chi connectivity index (χ0n) is 12.7. The molecule has 3 heteroatoms. The lowest BCUT2D eigenvalue weighted by Gasteiger charge is -2.29. The van der Waals surface area contributed by atoms with Crippen molar-refractivity contribution in [3.63, 3.8) is 0 Å². The van der Waals surface area contributed by atoms with Gasteiger partial charge in [-0.2, -0.15) is 5.26 Å². The number of hydrogen-bond acceptors (Lipinski definition) is 3. The Kier molecular flexibility index (Phi) is 5.38. The lowest BCUT2D eigenvalue weighted by Crippen LogP contribution is -2.40. The van der Waals surface area contributed by atoms with Gasteiger partial charge in [-0.15, -0.1) is 0 Å². The molecule has 0 aliphatic carbocycles. The fraction of sp³-hybridized carbons (Fsp3) is 0.562. The summed E-state index contributed by atoms with van der Waals surface area (Å²) in [6.45, 7) is 4.11. The first-order chi connectivity index (χ1) is 8.96. The van der Waals surface area contributed by atoms with Crippen LogP contribution in [0.1, 0.15) is 31.4 Å². The first-order valence-corrected chi connectivity index (χ1v) is 6.71. The first-order valence-electron chi connectivity index (χ1n) is 6.71. The molecule has 19 heavy (non-hydrogen) atoms. The molecule has 3 nitrogen and oxygen atoms in total. The molecule has 1 aromatic carbocycles. The van der Waals surface area contributed by atoms with Crippen molar-refractivity contribution in [2.75, 3.05) is 21.2 Å². The van der Waals surface area contributed by atoms with Crippen LogP contribution in [-0.4, -0.2) is 31.6 Å². The minimum absolute atomic E-state index is 0.410. The third kappa shape index (κ3) is 3.71. The van der Waals surface area contributed by atoms with Gasteiger partial charge in [0, 0.05) is 0 Å². The van der Waals surface area contributed by atoms with Crippen LogP contribution in [-0.2, 0) is 12.8 Å². The van der Waals surface area contributed by atoms with E-state index < -0.39 is 5.54 Å². The van der Waals surface area contributed by atoms with Crippen molar-refractivity contribution in [2.24, 2.45) is 0 Å². The van der Waals surface area contributed by atoms with Crippen molar-refractivity contribution < 1.29 is 4.74 Å². The summed E-state index contributed by atoms with van der Waals surface area (Å²) in [7, 11) is 5.61. The molecule has 0 fully saturated rings. The lowest BCUT2D eigenvalue weighted by molar-refractivity contribution is 0.224. The molecular formula is C16H24N2O. The summed E-state index contributed by atoms with van der Waals surface area (Å²) in [5.74, 6) is 0.946. The van der Waals surface area contributed by atoms with Gasteiger partial charge in [-0.3, -0.25) is 4.90 Å². The van der Waals surface area contributed by atoms with Crippen LogP contribution in [0.15, 0.2) is 18.2 Å². The summed E-state index contributed by atoms with van der Waals surface area (Å²) in [4.78, 5) is 1.98. The molecule has 0 bridgehead atoms. The van der Waals surface area contributed by atoms with Gasteiger partial charge in [0.25, 0.3) is 0 Å².